The Kier molecular flexibility index (Phi) is 4.40. The van der Waals surface area contributed by atoms with Crippen molar-refractivity contribution in [2.75, 3.05) is 0 Å². The standard InChI is InChI=1S/C23H19P/c1-3-13-21(14-4-1)24(22-15-5-2-6-16-22)23-17-9-12-20(18-23)19-10-7-8-11-19/h1-7,9-18H,8H2. The quantitative estimate of drug-likeness (QED) is 0.605. The van der Waals surface area contributed by atoms with Gasteiger partial charge in [-0.15, -0.1) is 0 Å². The normalized spacial score (nSPS) is 13.3. The summed E-state index contributed by atoms with van der Waals surface area (Å²) >= 11 is 0. The van der Waals surface area contributed by atoms with Crippen LogP contribution in [0.3, 0.4) is 0 Å². The Hall–Kier alpha value is -2.43. The highest BCUT2D eigenvalue weighted by atomic mass is 31.1. The molecule has 0 spiro atoms. The second-order valence-corrected chi connectivity index (χ2v) is 8.07. The van der Waals surface area contributed by atoms with Gasteiger partial charge in [0.05, 0.1) is 0 Å². The third-order valence-electron chi connectivity index (χ3n) is 4.24. The highest BCUT2D eigenvalue weighted by molar-refractivity contribution is 7.79. The van der Waals surface area contributed by atoms with Crippen molar-refractivity contribution in [2.45, 2.75) is 6.42 Å². The van der Waals surface area contributed by atoms with Gasteiger partial charge in [0.1, 0.15) is 0 Å². The zero-order valence-corrected chi connectivity index (χ0v) is 14.4. The lowest BCUT2D eigenvalue weighted by Gasteiger charge is -2.20. The van der Waals surface area contributed by atoms with Gasteiger partial charge in [-0.25, -0.2) is 0 Å². The first-order valence-electron chi connectivity index (χ1n) is 8.29. The van der Waals surface area contributed by atoms with Crippen LogP contribution in [-0.2, 0) is 0 Å². The van der Waals surface area contributed by atoms with Crippen LogP contribution in [0.25, 0.3) is 5.57 Å². The molecule has 0 bridgehead atoms. The molecule has 0 fully saturated rings. The number of allylic oxidation sites excluding steroid dienone is 4. The van der Waals surface area contributed by atoms with E-state index in [2.05, 4.69) is 103 Å². The molecule has 0 N–H and O–H groups in total. The summed E-state index contributed by atoms with van der Waals surface area (Å²) in [5.74, 6) is 0. The highest BCUT2D eigenvalue weighted by Gasteiger charge is 2.16. The zero-order chi connectivity index (χ0) is 16.2. The minimum Gasteiger partial charge on any atom is -0.0801 e. The van der Waals surface area contributed by atoms with Crippen LogP contribution in [0.15, 0.2) is 103 Å². The van der Waals surface area contributed by atoms with E-state index < -0.39 is 7.92 Å². The van der Waals surface area contributed by atoms with E-state index in [0.29, 0.717) is 0 Å². The van der Waals surface area contributed by atoms with Crippen LogP contribution in [-0.4, -0.2) is 0 Å². The Labute approximate surface area is 144 Å². The van der Waals surface area contributed by atoms with Crippen molar-refractivity contribution in [1.82, 2.24) is 0 Å². The van der Waals surface area contributed by atoms with Gasteiger partial charge in [0, 0.05) is 0 Å². The second kappa shape index (κ2) is 6.99. The number of hydrogen-bond donors (Lipinski definition) is 0. The monoisotopic (exact) mass is 326 g/mol. The summed E-state index contributed by atoms with van der Waals surface area (Å²) in [4.78, 5) is 0. The summed E-state index contributed by atoms with van der Waals surface area (Å²) in [6.07, 6.45) is 7.80. The predicted octanol–water partition coefficient (Wildman–Crippen LogP) is 4.79. The van der Waals surface area contributed by atoms with Gasteiger partial charge in [-0.3, -0.25) is 0 Å². The zero-order valence-electron chi connectivity index (χ0n) is 13.5. The van der Waals surface area contributed by atoms with Crippen molar-refractivity contribution in [3.63, 3.8) is 0 Å². The minimum absolute atomic E-state index is 0.528. The number of benzene rings is 3. The van der Waals surface area contributed by atoms with Crippen LogP contribution < -0.4 is 15.9 Å². The van der Waals surface area contributed by atoms with Crippen LogP contribution >= 0.6 is 7.92 Å². The molecule has 0 radical (unpaired) electrons. The van der Waals surface area contributed by atoms with E-state index >= 15 is 0 Å². The van der Waals surface area contributed by atoms with Crippen molar-refractivity contribution in [2.24, 2.45) is 0 Å². The highest BCUT2D eigenvalue weighted by Crippen LogP contribution is 2.33. The molecule has 1 heteroatoms. The summed E-state index contributed by atoms with van der Waals surface area (Å²) in [6.45, 7) is 0. The lowest BCUT2D eigenvalue weighted by Crippen LogP contribution is -2.20. The van der Waals surface area contributed by atoms with Crippen LogP contribution in [0, 0.1) is 0 Å². The van der Waals surface area contributed by atoms with E-state index in [-0.39, 0.29) is 0 Å². The van der Waals surface area contributed by atoms with Crippen LogP contribution in [0.2, 0.25) is 0 Å². The lowest BCUT2D eigenvalue weighted by molar-refractivity contribution is 1.45. The Morgan fingerprint density at radius 3 is 1.83 bits per heavy atom. The fourth-order valence-corrected chi connectivity index (χ4v) is 5.44. The Balaban J connectivity index is 1.82. The molecule has 3 aromatic carbocycles. The topological polar surface area (TPSA) is 0 Å². The first-order valence-corrected chi connectivity index (χ1v) is 9.63. The van der Waals surface area contributed by atoms with Gasteiger partial charge < -0.3 is 0 Å². The van der Waals surface area contributed by atoms with E-state index in [9.17, 15) is 0 Å². The van der Waals surface area contributed by atoms with Gasteiger partial charge in [-0.2, -0.15) is 0 Å². The molecule has 0 aliphatic heterocycles. The van der Waals surface area contributed by atoms with Crippen molar-refractivity contribution in [3.05, 3.63) is 109 Å². The molecule has 0 heterocycles. The Morgan fingerprint density at radius 2 is 1.25 bits per heavy atom. The lowest BCUT2D eigenvalue weighted by atomic mass is 10.1. The summed E-state index contributed by atoms with van der Waals surface area (Å²) in [5, 5.41) is 4.19. The molecule has 3 aromatic rings. The summed E-state index contributed by atoms with van der Waals surface area (Å²) in [5.41, 5.74) is 2.66. The van der Waals surface area contributed by atoms with Gasteiger partial charge in [0.25, 0.3) is 0 Å². The summed E-state index contributed by atoms with van der Waals surface area (Å²) < 4.78 is 0. The van der Waals surface area contributed by atoms with Crippen LogP contribution in [0.4, 0.5) is 0 Å². The summed E-state index contributed by atoms with van der Waals surface area (Å²) in [7, 11) is -0.528. The molecule has 24 heavy (non-hydrogen) atoms. The molecule has 0 saturated heterocycles. The number of rotatable bonds is 4. The molecule has 0 nitrogen and oxygen atoms in total. The number of hydrogen-bond acceptors (Lipinski definition) is 0. The maximum atomic E-state index is 2.37. The smallest absolute Gasteiger partial charge is 0.0134 e. The second-order valence-electron chi connectivity index (χ2n) is 5.85. The van der Waals surface area contributed by atoms with E-state index in [1.54, 1.807) is 0 Å². The fourth-order valence-electron chi connectivity index (χ4n) is 3.10. The Bertz CT molecular complexity index is 837. The third kappa shape index (κ3) is 3.11. The van der Waals surface area contributed by atoms with Gasteiger partial charge in [0.2, 0.25) is 0 Å². The van der Waals surface area contributed by atoms with Crippen LogP contribution in [0.1, 0.15) is 12.0 Å². The van der Waals surface area contributed by atoms with E-state index in [4.69, 9.17) is 0 Å². The van der Waals surface area contributed by atoms with E-state index in [1.807, 2.05) is 0 Å². The molecular weight excluding hydrogens is 307 g/mol. The molecule has 1 aliphatic rings. The molecule has 1 aliphatic carbocycles. The molecule has 0 aromatic heterocycles. The molecule has 4 rings (SSSR count). The van der Waals surface area contributed by atoms with Crippen molar-refractivity contribution < 1.29 is 0 Å². The molecular formula is C23H19P. The largest absolute Gasteiger partial charge is 0.0801 e. The molecule has 116 valence electrons. The maximum Gasteiger partial charge on any atom is -0.0134 e. The van der Waals surface area contributed by atoms with Gasteiger partial charge in [-0.1, -0.05) is 97.1 Å². The van der Waals surface area contributed by atoms with Gasteiger partial charge in [-0.05, 0) is 47.5 Å². The molecule has 0 saturated carbocycles. The van der Waals surface area contributed by atoms with Crippen molar-refractivity contribution >= 4 is 29.4 Å². The average molecular weight is 326 g/mol. The average Bonchev–Trinajstić information content (AvgIpc) is 3.19. The fraction of sp³-hybridized carbons (Fsp3) is 0.0435. The van der Waals surface area contributed by atoms with E-state index in [0.717, 1.165) is 6.42 Å². The molecule has 0 atom stereocenters. The first kappa shape index (κ1) is 15.1. The van der Waals surface area contributed by atoms with Crippen molar-refractivity contribution in [3.8, 4) is 0 Å². The van der Waals surface area contributed by atoms with Crippen LogP contribution in [0.5, 0.6) is 0 Å². The predicted molar refractivity (Wildman–Crippen MR) is 107 cm³/mol. The SMILES string of the molecule is C1=CC(c2cccc(P(c3ccccc3)c3ccccc3)c2)=CC1. The summed E-state index contributed by atoms with van der Waals surface area (Å²) in [6, 6.07) is 30.8. The van der Waals surface area contributed by atoms with E-state index in [1.165, 1.54) is 27.1 Å². The Morgan fingerprint density at radius 1 is 0.625 bits per heavy atom. The third-order valence-corrected chi connectivity index (χ3v) is 6.66. The van der Waals surface area contributed by atoms with Crippen molar-refractivity contribution in [1.29, 1.82) is 0 Å². The van der Waals surface area contributed by atoms with Gasteiger partial charge >= 0.3 is 0 Å². The molecule has 0 unspecified atom stereocenters. The first-order chi connectivity index (χ1) is 11.9. The van der Waals surface area contributed by atoms with Gasteiger partial charge in [0.15, 0.2) is 0 Å². The maximum absolute atomic E-state index is 2.37. The minimum atomic E-state index is -0.528. The molecule has 0 amide bonds.